The van der Waals surface area contributed by atoms with Crippen LogP contribution in [-0.4, -0.2) is 24.1 Å². The summed E-state index contributed by atoms with van der Waals surface area (Å²) in [6.07, 6.45) is 1.92. The first-order valence-electron chi connectivity index (χ1n) is 10.4. The number of rotatable bonds is 7. The molecule has 0 aliphatic carbocycles. The van der Waals surface area contributed by atoms with Gasteiger partial charge in [-0.15, -0.1) is 0 Å². The van der Waals surface area contributed by atoms with Crippen LogP contribution in [-0.2, 0) is 23.1 Å². The van der Waals surface area contributed by atoms with Gasteiger partial charge in [-0.2, -0.15) is 5.10 Å². The van der Waals surface area contributed by atoms with Crippen LogP contribution in [0.1, 0.15) is 27.0 Å². The predicted molar refractivity (Wildman–Crippen MR) is 127 cm³/mol. The fourth-order valence-corrected chi connectivity index (χ4v) is 4.12. The van der Waals surface area contributed by atoms with Crippen LogP contribution >= 0.6 is 0 Å². The summed E-state index contributed by atoms with van der Waals surface area (Å²) in [5.41, 5.74) is 4.61. The summed E-state index contributed by atoms with van der Waals surface area (Å²) in [6, 6.07) is 24.0. The van der Waals surface area contributed by atoms with Crippen LogP contribution in [0.25, 0.3) is 11.3 Å². The minimum Gasteiger partial charge on any atom is -0.348 e. The highest BCUT2D eigenvalue weighted by Crippen LogP contribution is 2.23. The van der Waals surface area contributed by atoms with E-state index in [0.29, 0.717) is 12.1 Å². The first-order chi connectivity index (χ1) is 15.8. The predicted octanol–water partition coefficient (Wildman–Crippen LogP) is 3.48. The maximum atomic E-state index is 12.9. The Hall–Kier alpha value is -3.75. The Morgan fingerprint density at radius 2 is 1.67 bits per heavy atom. The Balaban J connectivity index is 1.60. The van der Waals surface area contributed by atoms with Crippen molar-refractivity contribution in [2.45, 2.75) is 24.9 Å². The topological polar surface area (TPSA) is 107 Å². The number of carbonyl (C=O) groups is 1. The average Bonchev–Trinajstić information content (AvgIpc) is 3.21. The number of sulfonamides is 1. The second-order valence-corrected chi connectivity index (χ2v) is 9.32. The van der Waals surface area contributed by atoms with Crippen LogP contribution < -0.4 is 10.5 Å². The van der Waals surface area contributed by atoms with Gasteiger partial charge in [0.2, 0.25) is 10.0 Å². The molecule has 1 heterocycles. The lowest BCUT2D eigenvalue weighted by Crippen LogP contribution is -2.24. The summed E-state index contributed by atoms with van der Waals surface area (Å²) >= 11 is 0. The lowest BCUT2D eigenvalue weighted by atomic mass is 10.1. The summed E-state index contributed by atoms with van der Waals surface area (Å²) < 4.78 is 25.2. The van der Waals surface area contributed by atoms with Crippen LogP contribution in [0.2, 0.25) is 0 Å². The Bertz CT molecular complexity index is 1380. The van der Waals surface area contributed by atoms with E-state index in [4.69, 9.17) is 10.2 Å². The second kappa shape index (κ2) is 9.40. The molecule has 33 heavy (non-hydrogen) atoms. The highest BCUT2D eigenvalue weighted by molar-refractivity contribution is 7.89. The Labute approximate surface area is 192 Å². The first kappa shape index (κ1) is 22.4. The van der Waals surface area contributed by atoms with E-state index >= 15 is 0 Å². The Morgan fingerprint density at radius 1 is 1.00 bits per heavy atom. The number of primary sulfonamides is 1. The maximum Gasteiger partial charge on any atom is 0.251 e. The molecule has 0 saturated heterocycles. The molecule has 168 valence electrons. The molecule has 8 heteroatoms. The molecule has 0 atom stereocenters. The van der Waals surface area contributed by atoms with Gasteiger partial charge in [0.25, 0.3) is 5.91 Å². The van der Waals surface area contributed by atoms with E-state index in [0.717, 1.165) is 22.4 Å². The fourth-order valence-electron chi connectivity index (χ4n) is 3.58. The molecule has 0 bridgehead atoms. The van der Waals surface area contributed by atoms with E-state index in [1.54, 1.807) is 13.0 Å². The first-order valence-corrected chi connectivity index (χ1v) is 11.9. The number of nitrogens with zero attached hydrogens (tertiary/aromatic N) is 2. The van der Waals surface area contributed by atoms with Gasteiger partial charge in [-0.05, 0) is 30.2 Å². The lowest BCUT2D eigenvalue weighted by Gasteiger charge is -2.09. The number of amides is 1. The maximum absolute atomic E-state index is 12.9. The van der Waals surface area contributed by atoms with Gasteiger partial charge >= 0.3 is 0 Å². The van der Waals surface area contributed by atoms with E-state index < -0.39 is 10.0 Å². The molecular formula is C25H24N4O3S. The zero-order valence-corrected chi connectivity index (χ0v) is 18.9. The third-order valence-electron chi connectivity index (χ3n) is 5.29. The highest BCUT2D eigenvalue weighted by atomic mass is 32.2. The summed E-state index contributed by atoms with van der Waals surface area (Å²) in [4.78, 5) is 12.8. The number of nitrogens with two attached hydrogens (primary N) is 1. The molecule has 0 aliphatic heterocycles. The van der Waals surface area contributed by atoms with Crippen molar-refractivity contribution in [3.8, 4) is 11.3 Å². The van der Waals surface area contributed by atoms with Gasteiger partial charge < -0.3 is 5.32 Å². The zero-order valence-electron chi connectivity index (χ0n) is 18.1. The van der Waals surface area contributed by atoms with Crippen molar-refractivity contribution >= 4 is 15.9 Å². The largest absolute Gasteiger partial charge is 0.348 e. The quantitative estimate of drug-likeness (QED) is 0.440. The molecule has 0 spiro atoms. The molecule has 1 amide bonds. The summed E-state index contributed by atoms with van der Waals surface area (Å²) in [5, 5.41) is 12.9. The average molecular weight is 461 g/mol. The molecule has 0 radical (unpaired) electrons. The van der Waals surface area contributed by atoms with Crippen LogP contribution in [0.4, 0.5) is 0 Å². The van der Waals surface area contributed by atoms with E-state index in [9.17, 15) is 13.2 Å². The van der Waals surface area contributed by atoms with E-state index in [-0.39, 0.29) is 22.9 Å². The van der Waals surface area contributed by atoms with E-state index in [2.05, 4.69) is 5.32 Å². The van der Waals surface area contributed by atoms with Crippen LogP contribution in [0.15, 0.2) is 90.0 Å². The number of carbonyl (C=O) groups excluding carboxylic acids is 1. The molecule has 1 aromatic heterocycles. The summed E-state index contributed by atoms with van der Waals surface area (Å²) in [5.74, 6) is -0.382. The molecule has 4 aromatic rings. The van der Waals surface area contributed by atoms with Crippen molar-refractivity contribution in [3.63, 3.8) is 0 Å². The van der Waals surface area contributed by atoms with Crippen molar-refractivity contribution in [1.82, 2.24) is 15.1 Å². The molecule has 4 rings (SSSR count). The monoisotopic (exact) mass is 460 g/mol. The van der Waals surface area contributed by atoms with Gasteiger partial charge in [-0.25, -0.2) is 13.6 Å². The van der Waals surface area contributed by atoms with Crippen LogP contribution in [0.3, 0.4) is 0 Å². The molecule has 0 fully saturated rings. The summed E-state index contributed by atoms with van der Waals surface area (Å²) in [7, 11) is -3.91. The number of aryl methyl sites for hydroxylation is 1. The van der Waals surface area contributed by atoms with Crippen LogP contribution in [0, 0.1) is 6.92 Å². The second-order valence-electron chi connectivity index (χ2n) is 7.76. The molecule has 0 saturated carbocycles. The third kappa shape index (κ3) is 5.36. The van der Waals surface area contributed by atoms with Crippen LogP contribution in [0.5, 0.6) is 0 Å². The molecular weight excluding hydrogens is 436 g/mol. The van der Waals surface area contributed by atoms with Crippen molar-refractivity contribution in [3.05, 3.63) is 107 Å². The summed E-state index contributed by atoms with van der Waals surface area (Å²) in [6.45, 7) is 2.58. The molecule has 3 aromatic carbocycles. The van der Waals surface area contributed by atoms with Crippen molar-refractivity contribution in [1.29, 1.82) is 0 Å². The number of benzene rings is 3. The molecule has 0 unspecified atom stereocenters. The van der Waals surface area contributed by atoms with Gasteiger partial charge in [-0.3, -0.25) is 9.48 Å². The van der Waals surface area contributed by atoms with Gasteiger partial charge in [0.15, 0.2) is 0 Å². The van der Waals surface area contributed by atoms with Crippen molar-refractivity contribution in [2.24, 2.45) is 5.14 Å². The van der Waals surface area contributed by atoms with Gasteiger partial charge in [-0.1, -0.05) is 66.7 Å². The third-order valence-corrected chi connectivity index (χ3v) is 6.20. The smallest absolute Gasteiger partial charge is 0.251 e. The van der Waals surface area contributed by atoms with Crippen molar-refractivity contribution in [2.75, 3.05) is 0 Å². The fraction of sp³-hybridized carbons (Fsp3) is 0.120. The molecule has 0 aliphatic rings. The van der Waals surface area contributed by atoms with Gasteiger partial charge in [0.1, 0.15) is 0 Å². The minimum absolute atomic E-state index is 0.0982. The van der Waals surface area contributed by atoms with Gasteiger partial charge in [0.05, 0.1) is 17.1 Å². The number of hydrogen-bond donors (Lipinski definition) is 2. The normalized spacial score (nSPS) is 11.3. The Kier molecular flexibility index (Phi) is 6.39. The lowest BCUT2D eigenvalue weighted by molar-refractivity contribution is 0.0950. The Morgan fingerprint density at radius 3 is 2.33 bits per heavy atom. The molecule has 7 nitrogen and oxygen atoms in total. The number of hydrogen-bond acceptors (Lipinski definition) is 4. The molecule has 3 N–H and O–H groups in total. The number of nitrogens with one attached hydrogen (secondary N) is 1. The van der Waals surface area contributed by atoms with Gasteiger partial charge in [0, 0.05) is 29.4 Å². The van der Waals surface area contributed by atoms with E-state index in [1.807, 2.05) is 71.5 Å². The standard InChI is InChI=1S/C25H24N4O3S/c1-18-12-13-22(33(26,31)32)14-23(18)25(30)27-15-21-17-29(16-19-8-4-2-5-9-19)28-24(21)20-10-6-3-7-11-20/h2-14,17H,15-16H2,1H3,(H,27,30)(H2,26,31,32). The van der Waals surface area contributed by atoms with E-state index in [1.165, 1.54) is 12.1 Å². The number of aromatic nitrogens is 2. The SMILES string of the molecule is Cc1ccc(S(N)(=O)=O)cc1C(=O)NCc1cn(Cc2ccccc2)nc1-c1ccccc1. The van der Waals surface area contributed by atoms with Crippen molar-refractivity contribution < 1.29 is 13.2 Å². The zero-order chi connectivity index (χ0) is 23.4. The minimum atomic E-state index is -3.91. The highest BCUT2D eigenvalue weighted by Gasteiger charge is 2.17.